The zero-order valence-electron chi connectivity index (χ0n) is 15.7. The van der Waals surface area contributed by atoms with Crippen molar-refractivity contribution in [2.45, 2.75) is 31.8 Å². The number of piperidine rings is 1. The van der Waals surface area contributed by atoms with E-state index in [9.17, 15) is 4.79 Å². The monoisotopic (exact) mass is 372 g/mol. The summed E-state index contributed by atoms with van der Waals surface area (Å²) in [6.07, 6.45) is 2.39. The van der Waals surface area contributed by atoms with Gasteiger partial charge in [0.15, 0.2) is 0 Å². The molecule has 0 bridgehead atoms. The van der Waals surface area contributed by atoms with Crippen molar-refractivity contribution < 1.29 is 18.7 Å². The van der Waals surface area contributed by atoms with E-state index < -0.39 is 5.60 Å². The highest BCUT2D eigenvalue weighted by Gasteiger charge is 2.47. The maximum Gasteiger partial charge on any atom is 0.410 e. The summed E-state index contributed by atoms with van der Waals surface area (Å²) in [6.45, 7) is 4.62. The zero-order valence-corrected chi connectivity index (χ0v) is 15.7. The molecule has 4 rings (SSSR count). The Hall–Kier alpha value is -2.77. The second-order valence-electron chi connectivity index (χ2n) is 7.17. The van der Waals surface area contributed by atoms with Gasteiger partial charge in [-0.2, -0.15) is 0 Å². The molecule has 27 heavy (non-hydrogen) atoms. The van der Waals surface area contributed by atoms with E-state index >= 15 is 0 Å². The molecule has 1 atom stereocenters. The molecular formula is C19H24N4O4. The summed E-state index contributed by atoms with van der Waals surface area (Å²) in [6, 6.07) is 8.10. The molecule has 0 radical (unpaired) electrons. The van der Waals surface area contributed by atoms with Crippen LogP contribution >= 0.6 is 0 Å². The molecule has 144 valence electrons. The number of amides is 1. The van der Waals surface area contributed by atoms with Crippen molar-refractivity contribution in [3.05, 3.63) is 24.3 Å². The van der Waals surface area contributed by atoms with Gasteiger partial charge >= 0.3 is 12.1 Å². The Morgan fingerprint density at radius 2 is 2.11 bits per heavy atom. The minimum absolute atomic E-state index is 0.273. The number of aromatic nitrogens is 2. The van der Waals surface area contributed by atoms with Crippen molar-refractivity contribution in [2.75, 3.05) is 38.2 Å². The van der Waals surface area contributed by atoms with Crippen LogP contribution in [0.1, 0.15) is 26.2 Å². The van der Waals surface area contributed by atoms with E-state index in [1.54, 1.807) is 11.9 Å². The Kier molecular flexibility index (Phi) is 4.63. The zero-order chi connectivity index (χ0) is 18.9. The molecule has 1 aromatic carbocycles. The van der Waals surface area contributed by atoms with Crippen molar-refractivity contribution in [1.82, 2.24) is 15.1 Å². The summed E-state index contributed by atoms with van der Waals surface area (Å²) in [5, 5.41) is 8.45. The van der Waals surface area contributed by atoms with Crippen molar-refractivity contribution in [3.63, 3.8) is 0 Å². The van der Waals surface area contributed by atoms with Gasteiger partial charge in [-0.05, 0) is 31.4 Å². The standard InChI is InChI=1S/C19H24N4O4/c1-3-11-25-15-8-5-4-7-14(15)16-20-21-17(26-16)23-10-6-9-19(13-23)12-22(2)18(24)27-19/h4-5,7-8H,3,6,9-13H2,1-2H3. The Morgan fingerprint density at radius 1 is 1.26 bits per heavy atom. The van der Waals surface area contributed by atoms with E-state index in [1.165, 1.54) is 0 Å². The first-order valence-corrected chi connectivity index (χ1v) is 9.35. The van der Waals surface area contributed by atoms with Gasteiger partial charge < -0.3 is 23.7 Å². The molecule has 2 aliphatic rings. The Bertz CT molecular complexity index is 824. The fourth-order valence-electron chi connectivity index (χ4n) is 3.70. The van der Waals surface area contributed by atoms with E-state index in [-0.39, 0.29) is 6.09 Å². The first-order chi connectivity index (χ1) is 13.1. The van der Waals surface area contributed by atoms with E-state index in [0.29, 0.717) is 31.6 Å². The Morgan fingerprint density at radius 3 is 2.89 bits per heavy atom. The molecule has 1 spiro atoms. The van der Waals surface area contributed by atoms with Gasteiger partial charge in [0, 0.05) is 13.6 Å². The van der Waals surface area contributed by atoms with Gasteiger partial charge in [-0.15, -0.1) is 5.10 Å². The number of hydrogen-bond donors (Lipinski definition) is 0. The third-order valence-corrected chi connectivity index (χ3v) is 4.94. The highest BCUT2D eigenvalue weighted by atomic mass is 16.6. The maximum absolute atomic E-state index is 11.8. The number of carbonyl (C=O) groups is 1. The molecule has 1 unspecified atom stereocenters. The second kappa shape index (κ2) is 7.09. The molecule has 2 aliphatic heterocycles. The Balaban J connectivity index is 1.54. The molecule has 1 aromatic heterocycles. The van der Waals surface area contributed by atoms with Gasteiger partial charge in [-0.1, -0.05) is 24.2 Å². The summed E-state index contributed by atoms with van der Waals surface area (Å²) < 4.78 is 17.4. The molecule has 0 aliphatic carbocycles. The van der Waals surface area contributed by atoms with Crippen LogP contribution in [0.15, 0.2) is 28.7 Å². The summed E-state index contributed by atoms with van der Waals surface area (Å²) in [7, 11) is 1.76. The predicted molar refractivity (Wildman–Crippen MR) is 98.8 cm³/mol. The first kappa shape index (κ1) is 17.6. The number of para-hydroxylation sites is 1. The van der Waals surface area contributed by atoms with Crippen LogP contribution in [0.4, 0.5) is 10.8 Å². The first-order valence-electron chi connectivity index (χ1n) is 9.35. The van der Waals surface area contributed by atoms with Crippen molar-refractivity contribution >= 4 is 12.1 Å². The minimum Gasteiger partial charge on any atom is -0.493 e. The maximum atomic E-state index is 11.8. The number of nitrogens with zero attached hydrogens (tertiary/aromatic N) is 4. The van der Waals surface area contributed by atoms with Crippen molar-refractivity contribution in [3.8, 4) is 17.2 Å². The van der Waals surface area contributed by atoms with Gasteiger partial charge in [-0.25, -0.2) is 4.79 Å². The fourth-order valence-corrected chi connectivity index (χ4v) is 3.70. The third kappa shape index (κ3) is 3.43. The van der Waals surface area contributed by atoms with Crippen LogP contribution in [0.5, 0.6) is 5.75 Å². The number of rotatable bonds is 5. The molecule has 1 amide bonds. The average molecular weight is 372 g/mol. The molecule has 0 saturated carbocycles. The quantitative estimate of drug-likeness (QED) is 0.798. The highest BCUT2D eigenvalue weighted by Crippen LogP contribution is 2.35. The van der Waals surface area contributed by atoms with Crippen LogP contribution in [-0.4, -0.2) is 60.1 Å². The summed E-state index contributed by atoms with van der Waals surface area (Å²) in [5.41, 5.74) is 0.282. The van der Waals surface area contributed by atoms with Crippen molar-refractivity contribution in [1.29, 1.82) is 0 Å². The predicted octanol–water partition coefficient (Wildman–Crippen LogP) is 2.95. The largest absolute Gasteiger partial charge is 0.493 e. The number of anilines is 1. The van der Waals surface area contributed by atoms with Crippen LogP contribution in [0.25, 0.3) is 11.5 Å². The van der Waals surface area contributed by atoms with Crippen LogP contribution in [0.3, 0.4) is 0 Å². The van der Waals surface area contributed by atoms with Crippen LogP contribution in [-0.2, 0) is 4.74 Å². The molecular weight excluding hydrogens is 348 g/mol. The third-order valence-electron chi connectivity index (χ3n) is 4.94. The van der Waals surface area contributed by atoms with Gasteiger partial charge in [0.25, 0.3) is 5.89 Å². The average Bonchev–Trinajstić information content (AvgIpc) is 3.26. The number of likely N-dealkylation sites (N-methyl/N-ethyl adjacent to an activating group) is 1. The topological polar surface area (TPSA) is 80.9 Å². The summed E-state index contributed by atoms with van der Waals surface area (Å²) in [4.78, 5) is 15.4. The lowest BCUT2D eigenvalue weighted by Gasteiger charge is -2.37. The fraction of sp³-hybridized carbons (Fsp3) is 0.526. The lowest BCUT2D eigenvalue weighted by atomic mass is 9.93. The van der Waals surface area contributed by atoms with Crippen molar-refractivity contribution in [2.24, 2.45) is 0 Å². The highest BCUT2D eigenvalue weighted by molar-refractivity contribution is 5.70. The molecule has 2 fully saturated rings. The molecule has 8 heteroatoms. The van der Waals surface area contributed by atoms with Crippen LogP contribution in [0.2, 0.25) is 0 Å². The number of hydrogen-bond acceptors (Lipinski definition) is 7. The van der Waals surface area contributed by atoms with E-state index in [1.807, 2.05) is 29.2 Å². The normalized spacial score (nSPS) is 22.4. The molecule has 2 aromatic rings. The molecule has 2 saturated heterocycles. The molecule has 3 heterocycles. The minimum atomic E-state index is -0.499. The number of ether oxygens (including phenoxy) is 2. The van der Waals surface area contributed by atoms with Gasteiger partial charge in [0.2, 0.25) is 0 Å². The second-order valence-corrected chi connectivity index (χ2v) is 7.17. The summed E-state index contributed by atoms with van der Waals surface area (Å²) in [5.74, 6) is 1.16. The number of carbonyl (C=O) groups excluding carboxylic acids is 1. The lowest BCUT2D eigenvalue weighted by Crippen LogP contribution is -2.50. The SMILES string of the molecule is CCCOc1ccccc1-c1nnc(N2CCCC3(CN(C)C(=O)O3)C2)o1. The summed E-state index contributed by atoms with van der Waals surface area (Å²) >= 11 is 0. The number of benzene rings is 1. The van der Waals surface area contributed by atoms with Gasteiger partial charge in [0.1, 0.15) is 11.4 Å². The van der Waals surface area contributed by atoms with E-state index in [2.05, 4.69) is 17.1 Å². The Labute approximate surface area is 158 Å². The van der Waals surface area contributed by atoms with Crippen LogP contribution < -0.4 is 9.64 Å². The molecule has 0 N–H and O–H groups in total. The van der Waals surface area contributed by atoms with E-state index in [0.717, 1.165) is 37.1 Å². The lowest BCUT2D eigenvalue weighted by molar-refractivity contribution is 0.0435. The van der Waals surface area contributed by atoms with Gasteiger partial charge in [0.05, 0.1) is 25.3 Å². The van der Waals surface area contributed by atoms with Crippen LogP contribution in [0, 0.1) is 0 Å². The smallest absolute Gasteiger partial charge is 0.410 e. The molecule has 8 nitrogen and oxygen atoms in total. The van der Waals surface area contributed by atoms with E-state index in [4.69, 9.17) is 13.9 Å². The van der Waals surface area contributed by atoms with Gasteiger partial charge in [-0.3, -0.25) is 0 Å².